The molecule has 0 saturated heterocycles. The number of amides is 2. The highest BCUT2D eigenvalue weighted by atomic mass is 32.2. The Morgan fingerprint density at radius 2 is 1.83 bits per heavy atom. The van der Waals surface area contributed by atoms with Gasteiger partial charge in [0.1, 0.15) is 0 Å². The quantitative estimate of drug-likeness (QED) is 0.718. The number of aryl methyl sites for hydroxylation is 1. The third kappa shape index (κ3) is 7.64. The molecule has 0 aliphatic heterocycles. The van der Waals surface area contributed by atoms with Gasteiger partial charge in [-0.2, -0.15) is 0 Å². The first-order chi connectivity index (χ1) is 11.5. The van der Waals surface area contributed by atoms with Crippen molar-refractivity contribution in [2.45, 2.75) is 40.0 Å². The first-order valence-corrected chi connectivity index (χ1v) is 9.24. The average molecular weight is 350 g/mol. The predicted octanol–water partition coefficient (Wildman–Crippen LogP) is 3.00. The smallest absolute Gasteiger partial charge is 0.234 e. The number of para-hydroxylation sites is 1. The molecule has 0 aliphatic carbocycles. The number of anilines is 1. The summed E-state index contributed by atoms with van der Waals surface area (Å²) in [6.45, 7) is 5.99. The Hall–Kier alpha value is -1.82. The summed E-state index contributed by atoms with van der Waals surface area (Å²) < 4.78 is 0. The zero-order valence-corrected chi connectivity index (χ0v) is 15.4. The molecule has 132 valence electrons. The van der Waals surface area contributed by atoms with E-state index in [1.165, 1.54) is 0 Å². The van der Waals surface area contributed by atoms with Crippen molar-refractivity contribution in [3.63, 3.8) is 0 Å². The summed E-state index contributed by atoms with van der Waals surface area (Å²) in [5.41, 5.74) is 1.83. The highest BCUT2D eigenvalue weighted by Crippen LogP contribution is 2.16. The number of nitrogens with one attached hydrogen (secondary N) is 2. The van der Waals surface area contributed by atoms with Crippen molar-refractivity contribution in [3.05, 3.63) is 29.8 Å². The van der Waals surface area contributed by atoms with E-state index >= 15 is 0 Å². The second-order valence-electron chi connectivity index (χ2n) is 5.71. The van der Waals surface area contributed by atoms with Crippen molar-refractivity contribution in [3.8, 4) is 0 Å². The first kappa shape index (κ1) is 20.2. The largest absolute Gasteiger partial charge is 0.348 e. The minimum Gasteiger partial charge on any atom is -0.348 e. The lowest BCUT2D eigenvalue weighted by atomic mass is 10.1. The van der Waals surface area contributed by atoms with Gasteiger partial charge in [0.25, 0.3) is 0 Å². The van der Waals surface area contributed by atoms with Crippen LogP contribution < -0.4 is 10.6 Å². The topological polar surface area (TPSA) is 75.3 Å². The maximum Gasteiger partial charge on any atom is 0.234 e. The Kier molecular flexibility index (Phi) is 9.15. The van der Waals surface area contributed by atoms with Gasteiger partial charge in [0.15, 0.2) is 0 Å². The highest BCUT2D eigenvalue weighted by molar-refractivity contribution is 8.14. The summed E-state index contributed by atoms with van der Waals surface area (Å²) in [6, 6.07) is 7.59. The van der Waals surface area contributed by atoms with Gasteiger partial charge in [-0.25, -0.2) is 0 Å². The highest BCUT2D eigenvalue weighted by Gasteiger charge is 2.12. The molecule has 24 heavy (non-hydrogen) atoms. The lowest BCUT2D eigenvalue weighted by Gasteiger charge is -2.10. The van der Waals surface area contributed by atoms with Gasteiger partial charge in [-0.15, -0.1) is 0 Å². The van der Waals surface area contributed by atoms with E-state index in [1.54, 1.807) is 0 Å². The van der Waals surface area contributed by atoms with Crippen molar-refractivity contribution in [2.24, 2.45) is 5.92 Å². The Bertz CT molecular complexity index is 575. The number of thioether (sulfide) groups is 1. The third-order valence-electron chi connectivity index (χ3n) is 3.70. The van der Waals surface area contributed by atoms with Crippen LogP contribution in [0, 0.1) is 5.92 Å². The van der Waals surface area contributed by atoms with Crippen LogP contribution in [0.2, 0.25) is 0 Å². The molecule has 0 saturated carbocycles. The summed E-state index contributed by atoms with van der Waals surface area (Å²) in [7, 11) is 0. The SMILES string of the molecule is CCc1ccccc1NC(=O)CSC(=O)CNC(=O)C[C@@H](C)CC. The van der Waals surface area contributed by atoms with Gasteiger partial charge in [0.05, 0.1) is 12.3 Å². The third-order valence-corrected chi connectivity index (χ3v) is 4.57. The molecule has 0 aliphatic rings. The van der Waals surface area contributed by atoms with Crippen molar-refractivity contribution < 1.29 is 14.4 Å². The van der Waals surface area contributed by atoms with Gasteiger partial charge < -0.3 is 10.6 Å². The van der Waals surface area contributed by atoms with Crippen LogP contribution in [0.25, 0.3) is 0 Å². The summed E-state index contributed by atoms with van der Waals surface area (Å²) in [6.07, 6.45) is 2.17. The Morgan fingerprint density at radius 3 is 2.50 bits per heavy atom. The second kappa shape index (κ2) is 10.9. The average Bonchev–Trinajstić information content (AvgIpc) is 2.58. The van der Waals surface area contributed by atoms with Crippen LogP contribution in [-0.2, 0) is 20.8 Å². The minimum absolute atomic E-state index is 0.0398. The number of rotatable bonds is 9. The summed E-state index contributed by atoms with van der Waals surface area (Å²) in [4.78, 5) is 35.3. The molecule has 6 heteroatoms. The summed E-state index contributed by atoms with van der Waals surface area (Å²) >= 11 is 0.918. The Labute approximate surface area is 148 Å². The molecule has 1 atom stereocenters. The van der Waals surface area contributed by atoms with Gasteiger partial charge in [0, 0.05) is 12.1 Å². The second-order valence-corrected chi connectivity index (χ2v) is 6.75. The van der Waals surface area contributed by atoms with Crippen molar-refractivity contribution >= 4 is 34.4 Å². The van der Waals surface area contributed by atoms with Gasteiger partial charge in [-0.3, -0.25) is 14.4 Å². The number of benzene rings is 1. The van der Waals surface area contributed by atoms with E-state index in [0.29, 0.717) is 12.3 Å². The molecule has 0 heterocycles. The fraction of sp³-hybridized carbons (Fsp3) is 0.500. The maximum absolute atomic E-state index is 11.9. The monoisotopic (exact) mass is 350 g/mol. The van der Waals surface area contributed by atoms with E-state index in [9.17, 15) is 14.4 Å². The van der Waals surface area contributed by atoms with Crippen LogP contribution in [0.5, 0.6) is 0 Å². The normalized spacial score (nSPS) is 11.6. The predicted molar refractivity (Wildman–Crippen MR) is 99.0 cm³/mol. The van der Waals surface area contributed by atoms with Crippen LogP contribution >= 0.6 is 11.8 Å². The van der Waals surface area contributed by atoms with Crippen molar-refractivity contribution in [1.82, 2.24) is 5.32 Å². The molecule has 0 spiro atoms. The number of carbonyl (C=O) groups is 3. The summed E-state index contributed by atoms with van der Waals surface area (Å²) in [5.74, 6) is -0.00467. The van der Waals surface area contributed by atoms with E-state index in [2.05, 4.69) is 10.6 Å². The van der Waals surface area contributed by atoms with Crippen LogP contribution in [0.4, 0.5) is 5.69 Å². The fourth-order valence-corrected chi connectivity index (χ4v) is 2.58. The molecular formula is C18H26N2O3S. The molecule has 1 rings (SSSR count). The van der Waals surface area contributed by atoms with E-state index in [4.69, 9.17) is 0 Å². The maximum atomic E-state index is 11.9. The molecule has 1 aromatic rings. The molecule has 0 aromatic heterocycles. The van der Waals surface area contributed by atoms with Crippen molar-refractivity contribution in [1.29, 1.82) is 0 Å². The van der Waals surface area contributed by atoms with Crippen molar-refractivity contribution in [2.75, 3.05) is 17.6 Å². The van der Waals surface area contributed by atoms with Gasteiger partial charge in [-0.05, 0) is 24.0 Å². The van der Waals surface area contributed by atoms with Gasteiger partial charge in [-0.1, -0.05) is 57.2 Å². The summed E-state index contributed by atoms with van der Waals surface area (Å²) in [5, 5.41) is 5.20. The van der Waals surface area contributed by atoms with Crippen LogP contribution in [0.3, 0.4) is 0 Å². The standard InChI is InChI=1S/C18H26N2O3S/c1-4-13(3)10-16(21)19-11-18(23)24-12-17(22)20-15-9-7-6-8-14(15)5-2/h6-9,13H,4-5,10-12H2,1-3H3,(H,19,21)(H,20,22)/t13-/m0/s1. The zero-order chi connectivity index (χ0) is 17.9. The lowest BCUT2D eigenvalue weighted by molar-refractivity contribution is -0.123. The fourth-order valence-electron chi connectivity index (χ4n) is 2.04. The molecule has 2 amide bonds. The molecular weight excluding hydrogens is 324 g/mol. The first-order valence-electron chi connectivity index (χ1n) is 8.26. The minimum atomic E-state index is -0.222. The molecule has 0 radical (unpaired) electrons. The van der Waals surface area contributed by atoms with E-state index in [-0.39, 0.29) is 29.2 Å². The van der Waals surface area contributed by atoms with E-state index in [0.717, 1.165) is 35.9 Å². The number of hydrogen-bond acceptors (Lipinski definition) is 4. The molecule has 1 aromatic carbocycles. The molecule has 0 fully saturated rings. The zero-order valence-electron chi connectivity index (χ0n) is 14.6. The van der Waals surface area contributed by atoms with E-state index in [1.807, 2.05) is 45.0 Å². The Balaban J connectivity index is 2.31. The van der Waals surface area contributed by atoms with Crippen LogP contribution in [0.15, 0.2) is 24.3 Å². The molecule has 0 unspecified atom stereocenters. The molecule has 0 bridgehead atoms. The Morgan fingerprint density at radius 1 is 1.12 bits per heavy atom. The lowest BCUT2D eigenvalue weighted by Crippen LogP contribution is -2.30. The number of hydrogen-bond donors (Lipinski definition) is 2. The van der Waals surface area contributed by atoms with E-state index < -0.39 is 0 Å². The molecule has 2 N–H and O–H groups in total. The van der Waals surface area contributed by atoms with Gasteiger partial charge in [0.2, 0.25) is 16.9 Å². The van der Waals surface area contributed by atoms with Crippen LogP contribution in [0.1, 0.15) is 39.2 Å². The molecule has 5 nitrogen and oxygen atoms in total. The van der Waals surface area contributed by atoms with Gasteiger partial charge >= 0.3 is 0 Å². The van der Waals surface area contributed by atoms with Crippen LogP contribution in [-0.4, -0.2) is 29.2 Å². The number of carbonyl (C=O) groups excluding carboxylic acids is 3.